The fourth-order valence-electron chi connectivity index (χ4n) is 3.95. The molecule has 1 atom stereocenters. The van der Waals surface area contributed by atoms with E-state index in [1.54, 1.807) is 0 Å². The Balaban J connectivity index is 2.01. The van der Waals surface area contributed by atoms with Crippen molar-refractivity contribution in [1.29, 1.82) is 0 Å². The summed E-state index contributed by atoms with van der Waals surface area (Å²) < 4.78 is 11.9. The third-order valence-corrected chi connectivity index (χ3v) is 6.26. The van der Waals surface area contributed by atoms with Crippen LogP contribution in [0.4, 0.5) is 0 Å². The van der Waals surface area contributed by atoms with Crippen LogP contribution in [0, 0.1) is 11.8 Å². The van der Waals surface area contributed by atoms with Gasteiger partial charge in [-0.25, -0.2) is 0 Å². The van der Waals surface area contributed by atoms with Crippen LogP contribution in [0.2, 0.25) is 0 Å². The maximum atomic E-state index is 6.30. The molecular weight excluding hydrogens is 276 g/mol. The first kappa shape index (κ1) is 16.8. The molecule has 0 aromatic rings. The maximum absolute atomic E-state index is 6.30. The smallest absolute Gasteiger partial charge is 0.472 e. The molecule has 0 radical (unpaired) electrons. The molecule has 2 aliphatic rings. The highest BCUT2D eigenvalue weighted by molar-refractivity contribution is 6.49. The molecule has 2 nitrogen and oxygen atoms in total. The van der Waals surface area contributed by atoms with E-state index in [9.17, 15) is 0 Å². The van der Waals surface area contributed by atoms with Crippen molar-refractivity contribution in [3.63, 3.8) is 0 Å². The summed E-state index contributed by atoms with van der Waals surface area (Å²) in [5.74, 6) is 1.32. The van der Waals surface area contributed by atoms with Crippen molar-refractivity contribution < 1.29 is 8.85 Å². The fourth-order valence-corrected chi connectivity index (χ4v) is 4.97. The van der Waals surface area contributed by atoms with E-state index < -0.39 is 8.90 Å². The molecule has 120 valence electrons. The highest BCUT2D eigenvalue weighted by Crippen LogP contribution is 2.38. The van der Waals surface area contributed by atoms with Crippen LogP contribution in [-0.2, 0) is 8.85 Å². The van der Waals surface area contributed by atoms with E-state index in [4.69, 9.17) is 8.85 Å². The summed E-state index contributed by atoms with van der Waals surface area (Å²) in [6.45, 7) is 7.20. The van der Waals surface area contributed by atoms with Crippen molar-refractivity contribution in [3.8, 4) is 0 Å². The normalized spacial score (nSPS) is 22.5. The molecule has 0 amide bonds. The lowest BCUT2D eigenvalue weighted by atomic mass is 9.84. The first-order valence-corrected chi connectivity index (χ1v) is 10.4. The first-order valence-electron chi connectivity index (χ1n) is 8.89. The Morgan fingerprint density at radius 1 is 1.05 bits per heavy atom. The Morgan fingerprint density at radius 3 is 2.19 bits per heavy atom. The zero-order chi connectivity index (χ0) is 15.1. The lowest BCUT2D eigenvalue weighted by molar-refractivity contribution is 0.122. The van der Waals surface area contributed by atoms with Crippen LogP contribution in [0.1, 0.15) is 71.1 Å². The molecule has 0 aromatic carbocycles. The largest absolute Gasteiger partial charge is 0.524 e. The predicted molar refractivity (Wildman–Crippen MR) is 91.7 cm³/mol. The van der Waals surface area contributed by atoms with Gasteiger partial charge < -0.3 is 8.85 Å². The van der Waals surface area contributed by atoms with Crippen LogP contribution in [0.5, 0.6) is 0 Å². The molecule has 2 rings (SSSR count). The average Bonchev–Trinajstić information content (AvgIpc) is 2.86. The van der Waals surface area contributed by atoms with Gasteiger partial charge in [-0.05, 0) is 56.2 Å². The van der Waals surface area contributed by atoms with Crippen molar-refractivity contribution in [2.75, 3.05) is 6.61 Å². The zero-order valence-corrected chi connectivity index (χ0v) is 14.7. The Labute approximate surface area is 132 Å². The molecule has 2 aliphatic carbocycles. The van der Waals surface area contributed by atoms with Gasteiger partial charge in [-0.3, -0.25) is 0 Å². The number of hydrogen-bond donors (Lipinski definition) is 0. The molecule has 0 heterocycles. The molecule has 1 unspecified atom stereocenters. The van der Waals surface area contributed by atoms with Gasteiger partial charge in [0.15, 0.2) is 0 Å². The van der Waals surface area contributed by atoms with Gasteiger partial charge >= 0.3 is 8.90 Å². The van der Waals surface area contributed by atoms with Crippen LogP contribution >= 0.6 is 0 Å². The maximum Gasteiger partial charge on any atom is 0.472 e. The van der Waals surface area contributed by atoms with Crippen LogP contribution < -0.4 is 0 Å². The highest BCUT2D eigenvalue weighted by atomic mass is 28.3. The lowest BCUT2D eigenvalue weighted by Gasteiger charge is -2.31. The number of hydrogen-bond acceptors (Lipinski definition) is 2. The first-order chi connectivity index (χ1) is 10.2. The van der Waals surface area contributed by atoms with Gasteiger partial charge in [0.2, 0.25) is 0 Å². The van der Waals surface area contributed by atoms with Gasteiger partial charge in [0.05, 0.1) is 6.61 Å². The molecule has 0 aliphatic heterocycles. The third-order valence-electron chi connectivity index (χ3n) is 5.14. The Hall–Kier alpha value is -0.573. The second-order valence-electron chi connectivity index (χ2n) is 6.65. The fraction of sp³-hybridized carbons (Fsp3) is 0.833. The topological polar surface area (TPSA) is 18.5 Å². The summed E-state index contributed by atoms with van der Waals surface area (Å²) in [4.78, 5) is 0. The summed E-state index contributed by atoms with van der Waals surface area (Å²) in [5.41, 5.74) is 1.36. The van der Waals surface area contributed by atoms with E-state index in [0.29, 0.717) is 18.4 Å². The van der Waals surface area contributed by atoms with Crippen LogP contribution in [0.15, 0.2) is 12.2 Å². The molecular formula is C18H32O2Si. The minimum absolute atomic E-state index is 0.202. The van der Waals surface area contributed by atoms with Gasteiger partial charge in [0.25, 0.3) is 0 Å². The molecule has 0 bridgehead atoms. The molecule has 2 fully saturated rings. The van der Waals surface area contributed by atoms with Crippen LogP contribution in [-0.4, -0.2) is 27.8 Å². The number of rotatable bonds is 7. The van der Waals surface area contributed by atoms with Gasteiger partial charge in [0.1, 0.15) is 6.10 Å². The van der Waals surface area contributed by atoms with Gasteiger partial charge in [-0.2, -0.15) is 0 Å². The Morgan fingerprint density at radius 2 is 1.62 bits per heavy atom. The monoisotopic (exact) mass is 308 g/mol. The van der Waals surface area contributed by atoms with Crippen molar-refractivity contribution >= 4 is 15.1 Å². The summed E-state index contributed by atoms with van der Waals surface area (Å²) in [5, 5.41) is 0. The van der Waals surface area contributed by atoms with Gasteiger partial charge in [0, 0.05) is 0 Å². The molecule has 3 heteroatoms. The summed E-state index contributed by atoms with van der Waals surface area (Å²) in [6, 6.07) is 0. The highest BCUT2D eigenvalue weighted by Gasteiger charge is 2.32. The standard InChI is InChI=1S/C18H32O2Si/c1-4-19-21(3)20-18(17-13-9-10-14-17)15(2)16-11-7-5-6-8-12-16/h16-18H,2-14H2,1H3. The lowest BCUT2D eigenvalue weighted by Crippen LogP contribution is -2.32. The van der Waals surface area contributed by atoms with E-state index in [1.165, 1.54) is 69.8 Å². The summed E-state index contributed by atoms with van der Waals surface area (Å²) in [7, 11) is -1.38. The molecule has 0 saturated heterocycles. The SMILES string of the molecule is C=C(C1CCCCCC1)C(O[Si](=C)OCC)C1CCCC1. The van der Waals surface area contributed by atoms with E-state index in [2.05, 4.69) is 12.8 Å². The molecule has 0 N–H and O–H groups in total. The predicted octanol–water partition coefficient (Wildman–Crippen LogP) is 4.63. The summed E-state index contributed by atoms with van der Waals surface area (Å²) in [6.07, 6.45) is 17.7. The second-order valence-corrected chi connectivity index (χ2v) is 7.92. The molecule has 0 aromatic heterocycles. The van der Waals surface area contributed by atoms with Crippen LogP contribution in [0.25, 0.3) is 0 Å². The quantitative estimate of drug-likeness (QED) is 0.388. The van der Waals surface area contributed by atoms with Gasteiger partial charge in [-0.1, -0.05) is 45.1 Å². The van der Waals surface area contributed by atoms with E-state index in [0.717, 1.165) is 0 Å². The second kappa shape index (κ2) is 8.77. The minimum Gasteiger partial charge on any atom is -0.524 e. The average molecular weight is 309 g/mol. The van der Waals surface area contributed by atoms with Gasteiger partial charge in [-0.15, -0.1) is 0 Å². The van der Waals surface area contributed by atoms with E-state index in [-0.39, 0.29) is 6.10 Å². The third kappa shape index (κ3) is 4.98. The van der Waals surface area contributed by atoms with Crippen molar-refractivity contribution in [2.24, 2.45) is 11.8 Å². The van der Waals surface area contributed by atoms with Crippen molar-refractivity contribution in [1.82, 2.24) is 0 Å². The Kier molecular flexibility index (Phi) is 7.01. The van der Waals surface area contributed by atoms with Crippen molar-refractivity contribution in [2.45, 2.75) is 77.2 Å². The van der Waals surface area contributed by atoms with Crippen LogP contribution in [0.3, 0.4) is 0 Å². The zero-order valence-electron chi connectivity index (χ0n) is 13.7. The molecule has 0 spiro atoms. The van der Waals surface area contributed by atoms with E-state index in [1.807, 2.05) is 6.92 Å². The molecule has 21 heavy (non-hydrogen) atoms. The van der Waals surface area contributed by atoms with Crippen molar-refractivity contribution in [3.05, 3.63) is 12.2 Å². The minimum atomic E-state index is -1.38. The summed E-state index contributed by atoms with van der Waals surface area (Å²) >= 11 is 0. The van der Waals surface area contributed by atoms with E-state index >= 15 is 0 Å². The Bertz CT molecular complexity index is 339. The molecule has 2 saturated carbocycles.